The SMILES string of the molecule is COc1ccc(CCOc2nc(N)c3ncn([C@@H]4O[C@H](CO)[C@@H](O)[C@H]4O)c3n2)cc1OC. The van der Waals surface area contributed by atoms with Gasteiger partial charge in [0.05, 0.1) is 33.8 Å². The van der Waals surface area contributed by atoms with E-state index in [2.05, 4.69) is 15.0 Å². The van der Waals surface area contributed by atoms with Crippen LogP contribution in [0.1, 0.15) is 11.8 Å². The summed E-state index contributed by atoms with van der Waals surface area (Å²) in [6, 6.07) is 5.61. The van der Waals surface area contributed by atoms with Crippen LogP contribution in [-0.2, 0) is 11.2 Å². The van der Waals surface area contributed by atoms with Crippen LogP contribution in [0.2, 0.25) is 0 Å². The number of aromatic nitrogens is 4. The Morgan fingerprint density at radius 2 is 1.91 bits per heavy atom. The Kier molecular flexibility index (Phi) is 6.28. The lowest BCUT2D eigenvalue weighted by molar-refractivity contribution is -0.0511. The van der Waals surface area contributed by atoms with E-state index in [-0.39, 0.29) is 24.1 Å². The highest BCUT2D eigenvalue weighted by Gasteiger charge is 2.44. The van der Waals surface area contributed by atoms with Gasteiger partial charge in [-0.25, -0.2) is 4.98 Å². The molecule has 32 heavy (non-hydrogen) atoms. The van der Waals surface area contributed by atoms with E-state index in [0.717, 1.165) is 5.56 Å². The summed E-state index contributed by atoms with van der Waals surface area (Å²) >= 11 is 0. The van der Waals surface area contributed by atoms with Gasteiger partial charge < -0.3 is 40.0 Å². The van der Waals surface area contributed by atoms with Crippen LogP contribution in [0.5, 0.6) is 17.5 Å². The number of anilines is 1. The number of rotatable bonds is 8. The Labute approximate surface area is 183 Å². The van der Waals surface area contributed by atoms with Gasteiger partial charge in [0, 0.05) is 6.42 Å². The molecular formula is C20H25N5O7. The molecule has 3 heterocycles. The number of nitrogen functional groups attached to an aromatic ring is 1. The van der Waals surface area contributed by atoms with Crippen LogP contribution < -0.4 is 19.9 Å². The van der Waals surface area contributed by atoms with Gasteiger partial charge in [-0.2, -0.15) is 9.97 Å². The second-order valence-electron chi connectivity index (χ2n) is 7.23. The summed E-state index contributed by atoms with van der Waals surface area (Å²) < 4.78 is 23.2. The third kappa shape index (κ3) is 4.00. The van der Waals surface area contributed by atoms with Gasteiger partial charge in [0.2, 0.25) is 0 Å². The fraction of sp³-hybridized carbons (Fsp3) is 0.450. The van der Waals surface area contributed by atoms with Crippen molar-refractivity contribution in [3.8, 4) is 17.5 Å². The monoisotopic (exact) mass is 447 g/mol. The molecule has 0 amide bonds. The lowest BCUT2D eigenvalue weighted by Gasteiger charge is -2.16. The average Bonchev–Trinajstić information content (AvgIpc) is 3.34. The van der Waals surface area contributed by atoms with E-state index in [1.54, 1.807) is 14.2 Å². The minimum Gasteiger partial charge on any atom is -0.493 e. The van der Waals surface area contributed by atoms with Crippen LogP contribution in [0.25, 0.3) is 11.2 Å². The predicted molar refractivity (Wildman–Crippen MR) is 111 cm³/mol. The van der Waals surface area contributed by atoms with Gasteiger partial charge in [-0.1, -0.05) is 6.07 Å². The van der Waals surface area contributed by atoms with Gasteiger partial charge >= 0.3 is 6.01 Å². The quantitative estimate of drug-likeness (QED) is 0.356. The molecule has 0 bridgehead atoms. The Balaban J connectivity index is 1.51. The summed E-state index contributed by atoms with van der Waals surface area (Å²) in [5.74, 6) is 1.35. The molecule has 0 aliphatic carbocycles. The van der Waals surface area contributed by atoms with Gasteiger partial charge in [-0.3, -0.25) is 4.57 Å². The largest absolute Gasteiger partial charge is 0.493 e. The van der Waals surface area contributed by atoms with Crippen LogP contribution >= 0.6 is 0 Å². The van der Waals surface area contributed by atoms with Crippen molar-refractivity contribution in [2.45, 2.75) is 31.0 Å². The van der Waals surface area contributed by atoms with Crippen molar-refractivity contribution >= 4 is 17.0 Å². The number of benzene rings is 1. The lowest BCUT2D eigenvalue weighted by atomic mass is 10.1. The number of methoxy groups -OCH3 is 2. The summed E-state index contributed by atoms with van der Waals surface area (Å²) in [6.45, 7) is -0.175. The second kappa shape index (κ2) is 9.12. The Morgan fingerprint density at radius 1 is 1.12 bits per heavy atom. The highest BCUT2D eigenvalue weighted by molar-refractivity contribution is 5.82. The Morgan fingerprint density at radius 3 is 2.59 bits per heavy atom. The average molecular weight is 447 g/mol. The van der Waals surface area contributed by atoms with Gasteiger partial charge in [-0.15, -0.1) is 0 Å². The molecule has 1 aliphatic rings. The molecule has 0 radical (unpaired) electrons. The van der Waals surface area contributed by atoms with Crippen molar-refractivity contribution in [3.05, 3.63) is 30.1 Å². The van der Waals surface area contributed by atoms with E-state index >= 15 is 0 Å². The molecule has 0 saturated carbocycles. The van der Waals surface area contributed by atoms with Crippen molar-refractivity contribution < 1.29 is 34.3 Å². The van der Waals surface area contributed by atoms with Crippen molar-refractivity contribution in [1.82, 2.24) is 19.5 Å². The van der Waals surface area contributed by atoms with E-state index < -0.39 is 31.1 Å². The zero-order valence-corrected chi connectivity index (χ0v) is 17.6. The molecular weight excluding hydrogens is 422 g/mol. The van der Waals surface area contributed by atoms with E-state index in [1.807, 2.05) is 18.2 Å². The summed E-state index contributed by atoms with van der Waals surface area (Å²) in [5, 5.41) is 29.7. The van der Waals surface area contributed by atoms with Gasteiger partial charge in [0.15, 0.2) is 34.7 Å². The summed E-state index contributed by atoms with van der Waals surface area (Å²) in [4.78, 5) is 12.7. The molecule has 172 valence electrons. The first-order chi connectivity index (χ1) is 15.5. The van der Waals surface area contributed by atoms with Crippen molar-refractivity contribution in [2.24, 2.45) is 0 Å². The van der Waals surface area contributed by atoms with Crippen LogP contribution in [-0.4, -0.2) is 80.6 Å². The molecule has 4 rings (SSSR count). The molecule has 1 aliphatic heterocycles. The maximum atomic E-state index is 10.3. The molecule has 0 unspecified atom stereocenters. The first-order valence-electron chi connectivity index (χ1n) is 9.93. The number of hydrogen-bond donors (Lipinski definition) is 4. The van der Waals surface area contributed by atoms with Crippen LogP contribution in [0.3, 0.4) is 0 Å². The third-order valence-electron chi connectivity index (χ3n) is 5.29. The van der Waals surface area contributed by atoms with Gasteiger partial charge in [-0.05, 0) is 17.7 Å². The summed E-state index contributed by atoms with van der Waals surface area (Å²) in [7, 11) is 3.14. The Hall–Kier alpha value is -3.19. The molecule has 1 fully saturated rings. The van der Waals surface area contributed by atoms with Crippen molar-refractivity contribution in [2.75, 3.05) is 33.2 Å². The zero-order valence-electron chi connectivity index (χ0n) is 17.6. The fourth-order valence-electron chi connectivity index (χ4n) is 3.57. The topological polar surface area (TPSA) is 167 Å². The normalized spacial score (nSPS) is 22.9. The third-order valence-corrected chi connectivity index (χ3v) is 5.29. The number of ether oxygens (including phenoxy) is 4. The van der Waals surface area contributed by atoms with E-state index in [4.69, 9.17) is 24.7 Å². The van der Waals surface area contributed by atoms with E-state index in [0.29, 0.717) is 23.4 Å². The minimum atomic E-state index is -1.28. The molecule has 3 aromatic rings. The standard InChI is InChI=1S/C20H25N5O7/c1-29-11-4-3-10(7-12(11)30-2)5-6-31-20-23-17(21)14-18(24-20)25(9-22-14)19-16(28)15(27)13(8-26)32-19/h3-4,7,9,13,15-16,19,26-28H,5-6,8H2,1-2H3,(H2,21,23,24)/t13-,15-,16-,19-/m1/s1. The summed E-state index contributed by atoms with van der Waals surface area (Å²) in [6.07, 6.45) is -2.53. The minimum absolute atomic E-state index is 0.0315. The van der Waals surface area contributed by atoms with Crippen LogP contribution in [0, 0.1) is 0 Å². The number of nitrogens with zero attached hydrogens (tertiary/aromatic N) is 4. The Bertz CT molecular complexity index is 1090. The molecule has 12 heteroatoms. The molecule has 12 nitrogen and oxygen atoms in total. The molecule has 1 saturated heterocycles. The number of fused-ring (bicyclic) bond motifs is 1. The number of aliphatic hydroxyl groups excluding tert-OH is 3. The van der Waals surface area contributed by atoms with Crippen LogP contribution in [0.15, 0.2) is 24.5 Å². The second-order valence-corrected chi connectivity index (χ2v) is 7.23. The molecule has 4 atom stereocenters. The first-order valence-corrected chi connectivity index (χ1v) is 9.93. The van der Waals surface area contributed by atoms with Crippen molar-refractivity contribution in [3.63, 3.8) is 0 Å². The van der Waals surface area contributed by atoms with E-state index in [1.165, 1.54) is 10.9 Å². The van der Waals surface area contributed by atoms with Crippen LogP contribution in [0.4, 0.5) is 5.82 Å². The number of aliphatic hydroxyl groups is 3. The molecule has 0 spiro atoms. The number of nitrogens with two attached hydrogens (primary N) is 1. The maximum absolute atomic E-state index is 10.3. The zero-order chi connectivity index (χ0) is 22.8. The van der Waals surface area contributed by atoms with Gasteiger partial charge in [0.25, 0.3) is 0 Å². The van der Waals surface area contributed by atoms with E-state index in [9.17, 15) is 15.3 Å². The summed E-state index contributed by atoms with van der Waals surface area (Å²) in [5.41, 5.74) is 7.55. The smallest absolute Gasteiger partial charge is 0.320 e. The number of hydrogen-bond acceptors (Lipinski definition) is 11. The fourth-order valence-corrected chi connectivity index (χ4v) is 3.57. The molecule has 2 aromatic heterocycles. The number of imidazole rings is 1. The van der Waals surface area contributed by atoms with Gasteiger partial charge in [0.1, 0.15) is 18.3 Å². The van der Waals surface area contributed by atoms with Crippen molar-refractivity contribution in [1.29, 1.82) is 0 Å². The highest BCUT2D eigenvalue weighted by atomic mass is 16.6. The molecule has 1 aromatic carbocycles. The first kappa shape index (κ1) is 22.0. The highest BCUT2D eigenvalue weighted by Crippen LogP contribution is 2.32. The predicted octanol–water partition coefficient (Wildman–Crippen LogP) is -0.341. The lowest BCUT2D eigenvalue weighted by Crippen LogP contribution is -2.33. The molecule has 5 N–H and O–H groups in total. The maximum Gasteiger partial charge on any atom is 0.320 e.